The Bertz CT molecular complexity index is 324. The first-order valence-corrected chi connectivity index (χ1v) is 4.27. The Morgan fingerprint density at radius 3 is 2.50 bits per heavy atom. The highest BCUT2D eigenvalue weighted by atomic mass is 19.3. The normalized spacial score (nSPS) is 10.9. The molecule has 0 radical (unpaired) electrons. The van der Waals surface area contributed by atoms with Crippen molar-refractivity contribution < 1.29 is 19.0 Å². The van der Waals surface area contributed by atoms with E-state index in [9.17, 15) is 13.9 Å². The first-order chi connectivity index (χ1) is 6.56. The summed E-state index contributed by atoms with van der Waals surface area (Å²) in [6, 6.07) is 2.82. The van der Waals surface area contributed by atoms with Crippen LogP contribution in [0.2, 0.25) is 0 Å². The van der Waals surface area contributed by atoms with E-state index in [0.29, 0.717) is 17.5 Å². The number of benzene rings is 1. The van der Waals surface area contributed by atoms with E-state index in [1.54, 1.807) is 13.0 Å². The van der Waals surface area contributed by atoms with Crippen molar-refractivity contribution in [3.63, 3.8) is 0 Å². The second-order valence-corrected chi connectivity index (χ2v) is 3.12. The Morgan fingerprint density at radius 1 is 1.36 bits per heavy atom. The van der Waals surface area contributed by atoms with Crippen LogP contribution in [0.1, 0.15) is 23.1 Å². The monoisotopic (exact) mass is 202 g/mol. The lowest BCUT2D eigenvalue weighted by Gasteiger charge is -2.09. The van der Waals surface area contributed by atoms with Crippen molar-refractivity contribution in [2.45, 2.75) is 19.8 Å². The first-order valence-electron chi connectivity index (χ1n) is 4.27. The van der Waals surface area contributed by atoms with Crippen LogP contribution in [0.5, 0.6) is 5.75 Å². The van der Waals surface area contributed by atoms with Gasteiger partial charge in [0.15, 0.2) is 0 Å². The quantitative estimate of drug-likeness (QED) is 0.788. The van der Waals surface area contributed by atoms with Crippen molar-refractivity contribution in [3.05, 3.63) is 28.8 Å². The molecule has 0 aromatic heterocycles. The third-order valence-electron chi connectivity index (χ3n) is 2.03. The number of phenolic OH excluding ortho intramolecular Hbond substituents is 1. The molecule has 0 amide bonds. The average molecular weight is 202 g/mol. The third-order valence-corrected chi connectivity index (χ3v) is 2.03. The van der Waals surface area contributed by atoms with Gasteiger partial charge in [0.05, 0.1) is 5.56 Å². The molecule has 0 fully saturated rings. The number of aliphatic hydroxyl groups excluding tert-OH is 1. The summed E-state index contributed by atoms with van der Waals surface area (Å²) in [6.07, 6.45) is -2.37. The van der Waals surface area contributed by atoms with Crippen LogP contribution in [-0.4, -0.2) is 16.8 Å². The van der Waals surface area contributed by atoms with Gasteiger partial charge in [0.2, 0.25) is 0 Å². The van der Waals surface area contributed by atoms with Crippen LogP contribution in [0.3, 0.4) is 0 Å². The lowest BCUT2D eigenvalue weighted by molar-refractivity contribution is 0.147. The molecule has 4 heteroatoms. The molecule has 14 heavy (non-hydrogen) atoms. The lowest BCUT2D eigenvalue weighted by atomic mass is 10.0. The Labute approximate surface area is 80.8 Å². The molecule has 1 aromatic carbocycles. The topological polar surface area (TPSA) is 40.5 Å². The minimum Gasteiger partial charge on any atom is -0.507 e. The molecule has 1 aromatic rings. The van der Waals surface area contributed by atoms with Crippen LogP contribution >= 0.6 is 0 Å². The highest BCUT2D eigenvalue weighted by Crippen LogP contribution is 2.32. The number of aliphatic hydroxyl groups is 1. The van der Waals surface area contributed by atoms with Crippen LogP contribution < -0.4 is 0 Å². The first kappa shape index (κ1) is 10.9. The van der Waals surface area contributed by atoms with Crippen LogP contribution in [0.25, 0.3) is 0 Å². The molecule has 0 atom stereocenters. The molecule has 0 heterocycles. The summed E-state index contributed by atoms with van der Waals surface area (Å²) in [6.45, 7) is 1.47. The molecule has 0 spiro atoms. The maximum absolute atomic E-state index is 12.4. The summed E-state index contributed by atoms with van der Waals surface area (Å²) in [5.41, 5.74) is 0.651. The van der Waals surface area contributed by atoms with Gasteiger partial charge in [-0.05, 0) is 30.5 Å². The summed E-state index contributed by atoms with van der Waals surface area (Å²) in [5.74, 6) is -0.360. The molecule has 78 valence electrons. The minimum atomic E-state index is -2.69. The molecule has 0 unspecified atom stereocenters. The molecule has 0 saturated heterocycles. The van der Waals surface area contributed by atoms with E-state index in [1.165, 1.54) is 6.07 Å². The summed E-state index contributed by atoms with van der Waals surface area (Å²) < 4.78 is 24.8. The van der Waals surface area contributed by atoms with Crippen LogP contribution in [0.15, 0.2) is 12.1 Å². The molecule has 0 saturated carbocycles. The van der Waals surface area contributed by atoms with E-state index in [0.717, 1.165) is 0 Å². The van der Waals surface area contributed by atoms with Gasteiger partial charge in [0.1, 0.15) is 5.75 Å². The van der Waals surface area contributed by atoms with Gasteiger partial charge in [0.25, 0.3) is 6.43 Å². The second-order valence-electron chi connectivity index (χ2n) is 3.12. The van der Waals surface area contributed by atoms with Crippen LogP contribution in [-0.2, 0) is 6.42 Å². The molecule has 0 aliphatic heterocycles. The van der Waals surface area contributed by atoms with Gasteiger partial charge in [-0.25, -0.2) is 8.78 Å². The van der Waals surface area contributed by atoms with Gasteiger partial charge in [0, 0.05) is 6.61 Å². The average Bonchev–Trinajstić information content (AvgIpc) is 2.11. The van der Waals surface area contributed by atoms with E-state index in [4.69, 9.17) is 5.11 Å². The van der Waals surface area contributed by atoms with Crippen LogP contribution in [0, 0.1) is 6.92 Å². The summed E-state index contributed by atoms with van der Waals surface area (Å²) in [4.78, 5) is 0. The molecule has 2 nitrogen and oxygen atoms in total. The Hall–Kier alpha value is -1.16. The second kappa shape index (κ2) is 4.37. The number of alkyl halides is 2. The predicted octanol–water partition coefficient (Wildman–Crippen LogP) is 2.17. The SMILES string of the molecule is Cc1cc(CCO)cc(C(F)F)c1O. The van der Waals surface area contributed by atoms with Crippen molar-refractivity contribution in [1.82, 2.24) is 0 Å². The number of rotatable bonds is 3. The summed E-state index contributed by atoms with van der Waals surface area (Å²) in [7, 11) is 0. The molecular formula is C10H12F2O2. The van der Waals surface area contributed by atoms with Crippen molar-refractivity contribution >= 4 is 0 Å². The molecule has 0 bridgehead atoms. The summed E-state index contributed by atoms with van der Waals surface area (Å²) in [5, 5.41) is 18.0. The zero-order valence-corrected chi connectivity index (χ0v) is 7.80. The van der Waals surface area contributed by atoms with Crippen molar-refractivity contribution in [2.24, 2.45) is 0 Å². The summed E-state index contributed by atoms with van der Waals surface area (Å²) >= 11 is 0. The Balaban J connectivity index is 3.14. The number of hydrogen-bond donors (Lipinski definition) is 2. The molecule has 2 N–H and O–H groups in total. The molecule has 0 aliphatic rings. The largest absolute Gasteiger partial charge is 0.507 e. The van der Waals surface area contributed by atoms with E-state index in [1.807, 2.05) is 0 Å². The maximum Gasteiger partial charge on any atom is 0.267 e. The van der Waals surface area contributed by atoms with E-state index in [2.05, 4.69) is 0 Å². The zero-order chi connectivity index (χ0) is 10.7. The van der Waals surface area contributed by atoms with Crippen molar-refractivity contribution in [1.29, 1.82) is 0 Å². The fourth-order valence-corrected chi connectivity index (χ4v) is 1.32. The minimum absolute atomic E-state index is 0.0904. The molecular weight excluding hydrogens is 190 g/mol. The van der Waals surface area contributed by atoms with E-state index >= 15 is 0 Å². The smallest absolute Gasteiger partial charge is 0.267 e. The number of phenols is 1. The fourth-order valence-electron chi connectivity index (χ4n) is 1.32. The number of aryl methyl sites for hydroxylation is 1. The lowest BCUT2D eigenvalue weighted by Crippen LogP contribution is -1.95. The van der Waals surface area contributed by atoms with Gasteiger partial charge in [-0.15, -0.1) is 0 Å². The number of halogens is 2. The highest BCUT2D eigenvalue weighted by Gasteiger charge is 2.15. The number of aromatic hydroxyl groups is 1. The standard InChI is InChI=1S/C10H12F2O2/c1-6-4-7(2-3-13)5-8(9(6)14)10(11)12/h4-5,10,13-14H,2-3H2,1H3. The third kappa shape index (κ3) is 2.20. The number of hydrogen-bond acceptors (Lipinski definition) is 2. The predicted molar refractivity (Wildman–Crippen MR) is 48.6 cm³/mol. The Morgan fingerprint density at radius 2 is 2.00 bits per heavy atom. The van der Waals surface area contributed by atoms with Gasteiger partial charge in [-0.2, -0.15) is 0 Å². The van der Waals surface area contributed by atoms with Gasteiger partial charge in [-0.3, -0.25) is 0 Å². The van der Waals surface area contributed by atoms with Crippen LogP contribution in [0.4, 0.5) is 8.78 Å². The van der Waals surface area contributed by atoms with Gasteiger partial charge >= 0.3 is 0 Å². The van der Waals surface area contributed by atoms with Gasteiger partial charge in [-0.1, -0.05) is 6.07 Å². The maximum atomic E-state index is 12.4. The molecule has 0 aliphatic carbocycles. The fraction of sp³-hybridized carbons (Fsp3) is 0.400. The Kier molecular flexibility index (Phi) is 3.41. The zero-order valence-electron chi connectivity index (χ0n) is 7.80. The van der Waals surface area contributed by atoms with Crippen molar-refractivity contribution in [2.75, 3.05) is 6.61 Å². The van der Waals surface area contributed by atoms with E-state index < -0.39 is 6.43 Å². The highest BCUT2D eigenvalue weighted by molar-refractivity contribution is 5.43. The van der Waals surface area contributed by atoms with Gasteiger partial charge < -0.3 is 10.2 Å². The molecule has 1 rings (SSSR count). The van der Waals surface area contributed by atoms with E-state index in [-0.39, 0.29) is 17.9 Å². The van der Waals surface area contributed by atoms with Crippen molar-refractivity contribution in [3.8, 4) is 5.75 Å².